The summed E-state index contributed by atoms with van der Waals surface area (Å²) in [5, 5.41) is 21.8. The van der Waals surface area contributed by atoms with Crippen molar-refractivity contribution in [2.45, 2.75) is 38.1 Å². The van der Waals surface area contributed by atoms with E-state index in [0.29, 0.717) is 44.6 Å². The molecule has 1 unspecified atom stereocenters. The van der Waals surface area contributed by atoms with Crippen LogP contribution in [-0.2, 0) is 12.2 Å². The van der Waals surface area contributed by atoms with E-state index in [0.717, 1.165) is 22.4 Å². The van der Waals surface area contributed by atoms with Crippen LogP contribution in [-0.4, -0.2) is 34.7 Å². The Morgan fingerprint density at radius 1 is 1.00 bits per heavy atom. The highest BCUT2D eigenvalue weighted by atomic mass is 19.1. The molecule has 1 fully saturated rings. The summed E-state index contributed by atoms with van der Waals surface area (Å²) in [6.07, 6.45) is 0.389. The maximum Gasteiger partial charge on any atom is 0.123 e. The first-order chi connectivity index (χ1) is 15.4. The Bertz CT molecular complexity index is 1030. The van der Waals surface area contributed by atoms with E-state index >= 15 is 0 Å². The van der Waals surface area contributed by atoms with Gasteiger partial charge in [0.1, 0.15) is 18.2 Å². The molecule has 0 bridgehead atoms. The summed E-state index contributed by atoms with van der Waals surface area (Å²) in [6.45, 7) is 4.26. The fourth-order valence-corrected chi connectivity index (χ4v) is 4.30. The van der Waals surface area contributed by atoms with Gasteiger partial charge in [-0.3, -0.25) is 0 Å². The van der Waals surface area contributed by atoms with Gasteiger partial charge < -0.3 is 19.8 Å². The number of aliphatic hydroxyl groups is 2. The van der Waals surface area contributed by atoms with Crippen molar-refractivity contribution in [2.24, 2.45) is 0 Å². The van der Waals surface area contributed by atoms with Crippen molar-refractivity contribution in [3.05, 3.63) is 101 Å². The standard InChI is InChI=1S/C27H30FNO3/c1-20-16-22(10-11-26(20)32-19-21-6-3-2-4-7-21)25(30)18-29-14-12-27(31,13-15-29)23-8-5-9-24(28)17-23/h2-11,16-17,25,30-31H,12-15,18-19H2,1H3. The first kappa shape index (κ1) is 22.5. The van der Waals surface area contributed by atoms with Gasteiger partial charge in [0.2, 0.25) is 0 Å². The second kappa shape index (κ2) is 9.82. The van der Waals surface area contributed by atoms with Gasteiger partial charge >= 0.3 is 0 Å². The summed E-state index contributed by atoms with van der Waals surface area (Å²) in [6, 6.07) is 22.0. The lowest BCUT2D eigenvalue weighted by Gasteiger charge is -2.39. The molecule has 1 heterocycles. The number of aliphatic hydroxyl groups excluding tert-OH is 1. The lowest BCUT2D eigenvalue weighted by Crippen LogP contribution is -2.44. The van der Waals surface area contributed by atoms with E-state index in [1.807, 2.05) is 55.5 Å². The number of hydrogen-bond acceptors (Lipinski definition) is 4. The minimum absolute atomic E-state index is 0.333. The Kier molecular flexibility index (Phi) is 6.89. The van der Waals surface area contributed by atoms with E-state index in [1.165, 1.54) is 12.1 Å². The molecule has 0 saturated carbocycles. The summed E-state index contributed by atoms with van der Waals surface area (Å²) in [7, 11) is 0. The molecule has 168 valence electrons. The largest absolute Gasteiger partial charge is 0.489 e. The van der Waals surface area contributed by atoms with Crippen molar-refractivity contribution in [3.8, 4) is 5.75 Å². The molecule has 3 aromatic carbocycles. The first-order valence-electron chi connectivity index (χ1n) is 11.1. The first-order valence-corrected chi connectivity index (χ1v) is 11.1. The third-order valence-corrected chi connectivity index (χ3v) is 6.30. The Morgan fingerprint density at radius 2 is 1.75 bits per heavy atom. The van der Waals surface area contributed by atoms with Crippen molar-refractivity contribution in [1.82, 2.24) is 4.90 Å². The monoisotopic (exact) mass is 435 g/mol. The van der Waals surface area contributed by atoms with Crippen LogP contribution >= 0.6 is 0 Å². The van der Waals surface area contributed by atoms with E-state index in [-0.39, 0.29) is 5.82 Å². The summed E-state index contributed by atoms with van der Waals surface area (Å²) < 4.78 is 19.5. The van der Waals surface area contributed by atoms with Gasteiger partial charge in [0, 0.05) is 19.6 Å². The molecule has 3 aromatic rings. The molecule has 0 amide bonds. The number of β-amino-alcohol motifs (C(OH)–C–C–N with tert-alkyl or cyclic N) is 1. The number of hydrogen-bond donors (Lipinski definition) is 2. The van der Waals surface area contributed by atoms with Crippen molar-refractivity contribution in [2.75, 3.05) is 19.6 Å². The van der Waals surface area contributed by atoms with Gasteiger partial charge in [-0.15, -0.1) is 0 Å². The molecular weight excluding hydrogens is 405 g/mol. The van der Waals surface area contributed by atoms with Crippen LogP contribution in [0.4, 0.5) is 4.39 Å². The molecule has 0 aliphatic carbocycles. The fourth-order valence-electron chi connectivity index (χ4n) is 4.30. The number of ether oxygens (including phenoxy) is 1. The van der Waals surface area contributed by atoms with Crippen LogP contribution in [0.25, 0.3) is 0 Å². The zero-order valence-electron chi connectivity index (χ0n) is 18.4. The predicted octanol–water partition coefficient (Wildman–Crippen LogP) is 4.73. The summed E-state index contributed by atoms with van der Waals surface area (Å²) in [5.74, 6) is 0.475. The van der Waals surface area contributed by atoms with Crippen LogP contribution in [0.15, 0.2) is 72.8 Å². The molecule has 1 aliphatic heterocycles. The number of nitrogens with zero attached hydrogens (tertiary/aromatic N) is 1. The van der Waals surface area contributed by atoms with E-state index in [4.69, 9.17) is 4.74 Å². The molecule has 0 radical (unpaired) electrons. The van der Waals surface area contributed by atoms with Gasteiger partial charge in [0.25, 0.3) is 0 Å². The third kappa shape index (κ3) is 5.36. The smallest absolute Gasteiger partial charge is 0.123 e. The predicted molar refractivity (Wildman–Crippen MR) is 123 cm³/mol. The van der Waals surface area contributed by atoms with E-state index in [9.17, 15) is 14.6 Å². The maximum atomic E-state index is 13.6. The van der Waals surface area contributed by atoms with Gasteiger partial charge in [-0.25, -0.2) is 4.39 Å². The minimum atomic E-state index is -1.02. The van der Waals surface area contributed by atoms with Gasteiger partial charge in [0.15, 0.2) is 0 Å². The Labute approximate surface area is 188 Å². The summed E-state index contributed by atoms with van der Waals surface area (Å²) >= 11 is 0. The minimum Gasteiger partial charge on any atom is -0.489 e. The normalized spacial score (nSPS) is 17.1. The summed E-state index contributed by atoms with van der Waals surface area (Å²) in [4.78, 5) is 2.15. The van der Waals surface area contributed by atoms with Gasteiger partial charge in [-0.1, -0.05) is 48.5 Å². The highest BCUT2D eigenvalue weighted by Gasteiger charge is 2.34. The van der Waals surface area contributed by atoms with Gasteiger partial charge in [-0.2, -0.15) is 0 Å². The lowest BCUT2D eigenvalue weighted by molar-refractivity contribution is -0.0346. The highest BCUT2D eigenvalue weighted by molar-refractivity contribution is 5.37. The van der Waals surface area contributed by atoms with Crippen LogP contribution in [0.3, 0.4) is 0 Å². The molecule has 1 saturated heterocycles. The molecule has 1 aliphatic rings. The molecule has 4 rings (SSSR count). The Hall–Kier alpha value is -2.73. The second-order valence-corrected chi connectivity index (χ2v) is 8.66. The van der Waals surface area contributed by atoms with E-state index in [1.54, 1.807) is 12.1 Å². The molecule has 5 heteroatoms. The number of piperidine rings is 1. The van der Waals surface area contributed by atoms with Crippen LogP contribution in [0, 0.1) is 12.7 Å². The zero-order valence-corrected chi connectivity index (χ0v) is 18.4. The van der Waals surface area contributed by atoms with Crippen molar-refractivity contribution < 1.29 is 19.3 Å². The average molecular weight is 436 g/mol. The maximum absolute atomic E-state index is 13.6. The van der Waals surface area contributed by atoms with Crippen LogP contribution in [0.1, 0.15) is 41.2 Å². The van der Waals surface area contributed by atoms with Crippen LogP contribution in [0.2, 0.25) is 0 Å². The number of likely N-dealkylation sites (tertiary alicyclic amines) is 1. The van der Waals surface area contributed by atoms with E-state index < -0.39 is 11.7 Å². The molecule has 1 atom stereocenters. The topological polar surface area (TPSA) is 52.9 Å². The molecule has 32 heavy (non-hydrogen) atoms. The molecule has 4 nitrogen and oxygen atoms in total. The molecule has 0 spiro atoms. The van der Waals surface area contributed by atoms with Crippen molar-refractivity contribution in [3.63, 3.8) is 0 Å². The molecular formula is C27H30FNO3. The lowest BCUT2D eigenvalue weighted by atomic mass is 9.84. The van der Waals surface area contributed by atoms with Gasteiger partial charge in [-0.05, 0) is 66.3 Å². The quantitative estimate of drug-likeness (QED) is 0.563. The van der Waals surface area contributed by atoms with Crippen molar-refractivity contribution in [1.29, 1.82) is 0 Å². The highest BCUT2D eigenvalue weighted by Crippen LogP contribution is 2.34. The average Bonchev–Trinajstić information content (AvgIpc) is 2.80. The number of aryl methyl sites for hydroxylation is 1. The molecule has 2 N–H and O–H groups in total. The van der Waals surface area contributed by atoms with Crippen LogP contribution < -0.4 is 4.74 Å². The molecule has 0 aromatic heterocycles. The van der Waals surface area contributed by atoms with E-state index in [2.05, 4.69) is 4.90 Å². The SMILES string of the molecule is Cc1cc(C(O)CN2CCC(O)(c3cccc(F)c3)CC2)ccc1OCc1ccccc1. The van der Waals surface area contributed by atoms with Gasteiger partial charge in [0.05, 0.1) is 11.7 Å². The van der Waals surface area contributed by atoms with Crippen molar-refractivity contribution >= 4 is 0 Å². The Morgan fingerprint density at radius 3 is 2.44 bits per heavy atom. The second-order valence-electron chi connectivity index (χ2n) is 8.66. The third-order valence-electron chi connectivity index (χ3n) is 6.30. The Balaban J connectivity index is 1.32. The zero-order chi connectivity index (χ0) is 22.6. The number of halogens is 1. The number of benzene rings is 3. The summed E-state index contributed by atoms with van der Waals surface area (Å²) in [5.41, 5.74) is 2.55. The number of rotatable bonds is 7. The van der Waals surface area contributed by atoms with Crippen LogP contribution in [0.5, 0.6) is 5.75 Å². The fraction of sp³-hybridized carbons (Fsp3) is 0.333.